The van der Waals surface area contributed by atoms with Gasteiger partial charge in [0, 0.05) is 80.6 Å². The molecule has 8 rings (SSSR count). The molecule has 2 saturated heterocycles. The van der Waals surface area contributed by atoms with Gasteiger partial charge in [-0.15, -0.1) is 0 Å². The summed E-state index contributed by atoms with van der Waals surface area (Å²) in [6, 6.07) is 32.7. The number of hydrogen-bond acceptors (Lipinski definition) is 13. The van der Waals surface area contributed by atoms with E-state index in [2.05, 4.69) is 52.9 Å². The Balaban J connectivity index is 0.953. The van der Waals surface area contributed by atoms with Crippen molar-refractivity contribution in [2.75, 3.05) is 79.7 Å². The smallest absolute Gasteiger partial charge is 0.293 e. The van der Waals surface area contributed by atoms with Gasteiger partial charge in [0.25, 0.3) is 15.7 Å². The molecular weight excluding hydrogens is 864 g/mol. The normalized spacial score (nSPS) is 15.9. The van der Waals surface area contributed by atoms with Crippen LogP contribution in [0, 0.1) is 10.1 Å². The van der Waals surface area contributed by atoms with Crippen LogP contribution in [0.2, 0.25) is 5.02 Å². The van der Waals surface area contributed by atoms with E-state index in [1.165, 1.54) is 41.7 Å². The van der Waals surface area contributed by atoms with Crippen molar-refractivity contribution in [2.24, 2.45) is 0 Å². The summed E-state index contributed by atoms with van der Waals surface area (Å²) in [7, 11) is -8.17. The van der Waals surface area contributed by atoms with Gasteiger partial charge < -0.3 is 15.0 Å². The highest BCUT2D eigenvalue weighted by atomic mass is 35.5. The van der Waals surface area contributed by atoms with Crippen LogP contribution >= 0.6 is 11.6 Å². The molecule has 3 heterocycles. The predicted octanol–water partition coefficient (Wildman–Crippen LogP) is 6.96. The highest BCUT2D eigenvalue weighted by molar-refractivity contribution is 7.92. The molecular formula is C45H47ClN8O7S2. The van der Waals surface area contributed by atoms with Crippen LogP contribution in [-0.4, -0.2) is 112 Å². The lowest BCUT2D eigenvalue weighted by molar-refractivity contribution is -0.384. The first-order chi connectivity index (χ1) is 30.4. The maximum Gasteiger partial charge on any atom is 0.293 e. The molecule has 6 aromatic rings. The maximum atomic E-state index is 13.8. The second-order valence-electron chi connectivity index (χ2n) is 15.6. The first kappa shape index (κ1) is 43.9. The van der Waals surface area contributed by atoms with E-state index in [1.54, 1.807) is 24.3 Å². The molecule has 1 atom stereocenters. The van der Waals surface area contributed by atoms with Gasteiger partial charge in [0.15, 0.2) is 15.7 Å². The van der Waals surface area contributed by atoms with E-state index >= 15 is 0 Å². The van der Waals surface area contributed by atoms with E-state index in [4.69, 9.17) is 16.3 Å². The van der Waals surface area contributed by atoms with Crippen molar-refractivity contribution in [3.63, 3.8) is 0 Å². The summed E-state index contributed by atoms with van der Waals surface area (Å²) in [5, 5.41) is 16.7. The summed E-state index contributed by atoms with van der Waals surface area (Å²) >= 11 is 6.14. The molecule has 2 aliphatic rings. The Bertz CT molecular complexity index is 2790. The van der Waals surface area contributed by atoms with E-state index in [1.807, 2.05) is 42.5 Å². The second kappa shape index (κ2) is 19.4. The van der Waals surface area contributed by atoms with Gasteiger partial charge in [-0.3, -0.25) is 24.6 Å². The van der Waals surface area contributed by atoms with Gasteiger partial charge in [0.05, 0.1) is 39.2 Å². The number of fused-ring (bicyclic) bond motifs is 1. The number of halogens is 1. The van der Waals surface area contributed by atoms with Crippen LogP contribution in [0.5, 0.6) is 0 Å². The third kappa shape index (κ3) is 10.7. The van der Waals surface area contributed by atoms with Crippen LogP contribution < -0.4 is 14.9 Å². The van der Waals surface area contributed by atoms with Gasteiger partial charge in [-0.1, -0.05) is 66.2 Å². The zero-order valence-electron chi connectivity index (χ0n) is 34.3. The molecule has 2 N–H and O–H groups in total. The first-order valence-electron chi connectivity index (χ1n) is 20.6. The number of ether oxygens (including phenoxy) is 1. The molecule has 0 spiro atoms. The summed E-state index contributed by atoms with van der Waals surface area (Å²) in [4.78, 5) is 27.1. The number of nitro benzene ring substituents is 1. The number of nitrogens with one attached hydrogen (secondary N) is 2. The maximum absolute atomic E-state index is 13.8. The van der Waals surface area contributed by atoms with Crippen LogP contribution in [0.1, 0.15) is 12.0 Å². The molecule has 0 amide bonds. The number of nitro groups is 1. The average Bonchev–Trinajstić information content (AvgIpc) is 3.29. The van der Waals surface area contributed by atoms with Crippen LogP contribution in [0.15, 0.2) is 131 Å². The zero-order chi connectivity index (χ0) is 44.0. The number of aromatic nitrogens is 2. The fourth-order valence-corrected chi connectivity index (χ4v) is 10.7. The summed E-state index contributed by atoms with van der Waals surface area (Å²) < 4.78 is 62.6. The van der Waals surface area contributed by atoms with E-state index in [9.17, 15) is 26.9 Å². The highest BCUT2D eigenvalue weighted by Crippen LogP contribution is 2.33. The molecule has 0 bridgehead atoms. The average molecular weight is 912 g/mol. The number of morpholine rings is 1. The monoisotopic (exact) mass is 910 g/mol. The standard InChI is InChI=1S/C45H47ClN8O7S2/c46-35-12-10-33(11-13-35)40-9-5-4-6-34(40)30-52-20-22-53(23-21-52)37-14-16-41-43(28-37)47-32-48-45(41)50-63(59,60)39-15-17-42(44(29-39)54(55)56)49-36(18-19-51-24-26-61-27-25-51)31-62(57,58)38-7-2-1-3-8-38/h1-17,28-29,32,36,49H,18-27,30-31H2,(H,47,48,50). The van der Waals surface area contributed by atoms with E-state index in [0.717, 1.165) is 50.0 Å². The second-order valence-corrected chi connectivity index (χ2v) is 19.7. The van der Waals surface area contributed by atoms with Crippen LogP contribution in [0.25, 0.3) is 22.0 Å². The largest absolute Gasteiger partial charge is 0.379 e. The number of hydrogen-bond donors (Lipinski definition) is 2. The number of nitrogens with zero attached hydrogens (tertiary/aromatic N) is 6. The summed E-state index contributed by atoms with van der Waals surface area (Å²) in [6.07, 6.45) is 1.63. The van der Waals surface area contributed by atoms with E-state index in [0.29, 0.717) is 55.2 Å². The van der Waals surface area contributed by atoms with Crippen molar-refractivity contribution in [2.45, 2.75) is 28.8 Å². The van der Waals surface area contributed by atoms with Crippen molar-refractivity contribution >= 4 is 65.2 Å². The number of rotatable bonds is 16. The molecule has 328 valence electrons. The molecule has 2 fully saturated rings. The predicted molar refractivity (Wildman–Crippen MR) is 246 cm³/mol. The van der Waals surface area contributed by atoms with Gasteiger partial charge in [0.2, 0.25) is 0 Å². The number of sulfone groups is 1. The Morgan fingerprint density at radius 3 is 2.25 bits per heavy atom. The highest BCUT2D eigenvalue weighted by Gasteiger charge is 2.28. The molecule has 1 aromatic heterocycles. The van der Waals surface area contributed by atoms with Crippen molar-refractivity contribution < 1.29 is 26.5 Å². The lowest BCUT2D eigenvalue weighted by Gasteiger charge is -2.36. The lowest BCUT2D eigenvalue weighted by atomic mass is 9.99. The van der Waals surface area contributed by atoms with Crippen molar-refractivity contribution in [3.05, 3.63) is 142 Å². The quantitative estimate of drug-likeness (QED) is 0.0753. The molecule has 0 aliphatic carbocycles. The fraction of sp³-hybridized carbons (Fsp3) is 0.289. The van der Waals surface area contributed by atoms with Crippen molar-refractivity contribution in [3.8, 4) is 11.1 Å². The lowest BCUT2D eigenvalue weighted by Crippen LogP contribution is -2.46. The summed E-state index contributed by atoms with van der Waals surface area (Å²) in [5.74, 6) is -0.311. The zero-order valence-corrected chi connectivity index (χ0v) is 36.7. The Kier molecular flexibility index (Phi) is 13.5. The molecule has 5 aromatic carbocycles. The third-order valence-electron chi connectivity index (χ3n) is 11.4. The Morgan fingerprint density at radius 2 is 1.51 bits per heavy atom. The molecule has 18 heteroatoms. The molecule has 63 heavy (non-hydrogen) atoms. The van der Waals surface area contributed by atoms with Crippen molar-refractivity contribution in [1.82, 2.24) is 19.8 Å². The fourth-order valence-electron chi connectivity index (χ4n) is 8.00. The minimum Gasteiger partial charge on any atom is -0.379 e. The van der Waals surface area contributed by atoms with E-state index < -0.39 is 36.5 Å². The number of benzene rings is 5. The van der Waals surface area contributed by atoms with Gasteiger partial charge in [-0.25, -0.2) is 26.8 Å². The van der Waals surface area contributed by atoms with Gasteiger partial charge in [-0.05, 0) is 77.7 Å². The molecule has 1 unspecified atom stereocenters. The van der Waals surface area contributed by atoms with Gasteiger partial charge in [-0.2, -0.15) is 0 Å². The van der Waals surface area contributed by atoms with E-state index in [-0.39, 0.29) is 27.0 Å². The van der Waals surface area contributed by atoms with Gasteiger partial charge in [0.1, 0.15) is 12.0 Å². The number of piperazine rings is 1. The number of anilines is 3. The Labute approximate surface area is 371 Å². The summed E-state index contributed by atoms with van der Waals surface area (Å²) in [6.45, 7) is 7.05. The molecule has 2 aliphatic heterocycles. The minimum atomic E-state index is -4.39. The van der Waals surface area contributed by atoms with Crippen LogP contribution in [0.4, 0.5) is 22.9 Å². The SMILES string of the molecule is O=[N+]([O-])c1cc(S(=O)(=O)Nc2ncnc3cc(N4CCN(Cc5ccccc5-c5ccc(Cl)cc5)CC4)ccc23)ccc1NC(CCN1CCOCC1)CS(=O)(=O)c1ccccc1. The topological polar surface area (TPSA) is 180 Å². The number of sulfonamides is 1. The third-order valence-corrected chi connectivity index (χ3v) is 14.8. The van der Waals surface area contributed by atoms with Crippen LogP contribution in [0.3, 0.4) is 0 Å². The van der Waals surface area contributed by atoms with Gasteiger partial charge >= 0.3 is 0 Å². The van der Waals surface area contributed by atoms with Crippen molar-refractivity contribution in [1.29, 1.82) is 0 Å². The molecule has 0 saturated carbocycles. The first-order valence-corrected chi connectivity index (χ1v) is 24.1. The van der Waals surface area contributed by atoms with Crippen LogP contribution in [-0.2, 0) is 31.1 Å². The minimum absolute atomic E-state index is 0.00204. The molecule has 0 radical (unpaired) electrons. The Hall–Kier alpha value is -5.69. The molecule has 15 nitrogen and oxygen atoms in total. The Morgan fingerprint density at radius 1 is 0.778 bits per heavy atom. The summed E-state index contributed by atoms with van der Waals surface area (Å²) in [5.41, 5.74) is 4.48.